The maximum absolute atomic E-state index is 15.3. The van der Waals surface area contributed by atoms with Crippen LogP contribution in [-0.2, 0) is 7.05 Å². The summed E-state index contributed by atoms with van der Waals surface area (Å²) in [4.78, 5) is 23.4. The van der Waals surface area contributed by atoms with Gasteiger partial charge in [-0.25, -0.2) is 9.37 Å². The monoisotopic (exact) mass is 461 g/mol. The zero-order valence-corrected chi connectivity index (χ0v) is 19.1. The number of aryl methyl sites for hydroxylation is 1. The predicted molar refractivity (Wildman–Crippen MR) is 129 cm³/mol. The number of hydrogen-bond donors (Lipinski definition) is 2. The van der Waals surface area contributed by atoms with Gasteiger partial charge in [-0.2, -0.15) is 0 Å². The summed E-state index contributed by atoms with van der Waals surface area (Å²) in [5, 5.41) is 14.1. The highest BCUT2D eigenvalue weighted by atomic mass is 19.1. The second-order valence-electron chi connectivity index (χ2n) is 9.79. The highest BCUT2D eigenvalue weighted by molar-refractivity contribution is 5.74. The fourth-order valence-electron chi connectivity index (χ4n) is 5.47. The highest BCUT2D eigenvalue weighted by Crippen LogP contribution is 2.40. The van der Waals surface area contributed by atoms with Crippen LogP contribution in [0.15, 0.2) is 53.7 Å². The van der Waals surface area contributed by atoms with E-state index < -0.39 is 6.17 Å². The van der Waals surface area contributed by atoms with E-state index in [1.807, 2.05) is 12.1 Å². The molecule has 0 radical (unpaired) electrons. The fraction of sp³-hybridized carbons (Fsp3) is 0.423. The largest absolute Gasteiger partial charge is 0.507 e. The first kappa shape index (κ1) is 21.3. The van der Waals surface area contributed by atoms with E-state index in [9.17, 15) is 9.90 Å². The number of rotatable bonds is 5. The normalized spacial score (nSPS) is 25.9. The van der Waals surface area contributed by atoms with Gasteiger partial charge in [0.05, 0.1) is 24.1 Å². The number of piperidine rings is 1. The van der Waals surface area contributed by atoms with Crippen molar-refractivity contribution >= 4 is 5.82 Å². The minimum absolute atomic E-state index is 0.0579. The van der Waals surface area contributed by atoms with Crippen LogP contribution >= 0.6 is 0 Å². The number of anilines is 1. The van der Waals surface area contributed by atoms with Gasteiger partial charge in [0.25, 0.3) is 5.56 Å². The minimum atomic E-state index is -0.910. The summed E-state index contributed by atoms with van der Waals surface area (Å²) < 4.78 is 16.8. The zero-order valence-electron chi connectivity index (χ0n) is 19.1. The number of fused-ring (bicyclic) bond motifs is 2. The van der Waals surface area contributed by atoms with Crippen molar-refractivity contribution in [1.82, 2.24) is 19.9 Å². The standard InChI is InChI=1S/C26H28FN5O2/c1-31-9-8-16(11-25(31)34)15-2-6-19(23(33)10-15)21-13-29-24(14-28-21)32(18-4-5-18)22-12-17-3-7-20(30-17)26(22)27/h2,6,8-11,13-14,17-18,20,22,26,30,33H,3-5,7,12H2,1H3/t17-,20+,22-,26+/m1/s1. The Balaban J connectivity index is 1.26. The van der Waals surface area contributed by atoms with E-state index in [-0.39, 0.29) is 23.4 Å². The van der Waals surface area contributed by atoms with Crippen LogP contribution in [0.25, 0.3) is 22.4 Å². The molecule has 1 aliphatic carbocycles. The molecule has 2 saturated heterocycles. The molecule has 34 heavy (non-hydrogen) atoms. The van der Waals surface area contributed by atoms with Gasteiger partial charge in [-0.1, -0.05) is 6.07 Å². The van der Waals surface area contributed by atoms with Gasteiger partial charge < -0.3 is 19.9 Å². The van der Waals surface area contributed by atoms with Crippen LogP contribution in [0, 0.1) is 0 Å². The van der Waals surface area contributed by atoms with Crippen molar-refractivity contribution in [2.75, 3.05) is 4.90 Å². The Kier molecular flexibility index (Phi) is 5.13. The van der Waals surface area contributed by atoms with Crippen LogP contribution in [0.2, 0.25) is 0 Å². The number of phenolic OH excluding ortho intramolecular Hbond substituents is 1. The maximum atomic E-state index is 15.3. The van der Waals surface area contributed by atoms with Crippen LogP contribution < -0.4 is 15.8 Å². The van der Waals surface area contributed by atoms with Crippen LogP contribution in [0.3, 0.4) is 0 Å². The Hall–Kier alpha value is -3.26. The Morgan fingerprint density at radius 2 is 1.91 bits per heavy atom. The van der Waals surface area contributed by atoms with Crippen LogP contribution in [-0.4, -0.2) is 50.0 Å². The molecule has 0 spiro atoms. The third-order valence-corrected chi connectivity index (χ3v) is 7.47. The molecule has 3 fully saturated rings. The van der Waals surface area contributed by atoms with Crippen molar-refractivity contribution in [3.8, 4) is 28.1 Å². The van der Waals surface area contributed by atoms with Crippen LogP contribution in [0.4, 0.5) is 10.2 Å². The highest BCUT2D eigenvalue weighted by Gasteiger charge is 2.48. The Morgan fingerprint density at radius 3 is 2.62 bits per heavy atom. The molecule has 2 N–H and O–H groups in total. The molecule has 2 aliphatic heterocycles. The second kappa shape index (κ2) is 8.20. The molecule has 0 unspecified atom stereocenters. The average Bonchev–Trinajstić information content (AvgIpc) is 3.59. The number of aromatic hydroxyl groups is 1. The number of benzene rings is 1. The van der Waals surface area contributed by atoms with Crippen molar-refractivity contribution < 1.29 is 9.50 Å². The summed E-state index contributed by atoms with van der Waals surface area (Å²) in [6.45, 7) is 0. The maximum Gasteiger partial charge on any atom is 0.250 e. The minimum Gasteiger partial charge on any atom is -0.507 e. The quantitative estimate of drug-likeness (QED) is 0.606. The molecule has 3 aliphatic rings. The lowest BCUT2D eigenvalue weighted by atomic mass is 9.96. The van der Waals surface area contributed by atoms with Crippen LogP contribution in [0.1, 0.15) is 32.1 Å². The third-order valence-electron chi connectivity index (χ3n) is 7.47. The summed E-state index contributed by atoms with van der Waals surface area (Å²) >= 11 is 0. The summed E-state index contributed by atoms with van der Waals surface area (Å²) in [5.74, 6) is 0.773. The first-order valence-corrected chi connectivity index (χ1v) is 12.0. The number of aromatic nitrogens is 3. The molecule has 2 bridgehead atoms. The van der Waals surface area contributed by atoms with Crippen molar-refractivity contribution in [2.24, 2.45) is 7.05 Å². The number of hydrogen-bond acceptors (Lipinski definition) is 6. The van der Waals surface area contributed by atoms with Crippen molar-refractivity contribution in [2.45, 2.75) is 62.4 Å². The topological polar surface area (TPSA) is 83.3 Å². The van der Waals surface area contributed by atoms with E-state index in [1.54, 1.807) is 43.8 Å². The lowest BCUT2D eigenvalue weighted by molar-refractivity contribution is 0.171. The fourth-order valence-corrected chi connectivity index (χ4v) is 5.47. The lowest BCUT2D eigenvalue weighted by Crippen LogP contribution is -2.57. The van der Waals surface area contributed by atoms with Gasteiger partial charge in [0.2, 0.25) is 0 Å². The smallest absolute Gasteiger partial charge is 0.250 e. The van der Waals surface area contributed by atoms with E-state index in [2.05, 4.69) is 20.2 Å². The molecule has 1 saturated carbocycles. The van der Waals surface area contributed by atoms with Gasteiger partial charge in [0.1, 0.15) is 17.7 Å². The van der Waals surface area contributed by atoms with Gasteiger partial charge in [0.15, 0.2) is 0 Å². The van der Waals surface area contributed by atoms with E-state index in [4.69, 9.17) is 0 Å². The number of nitrogens with one attached hydrogen (secondary N) is 1. The van der Waals surface area contributed by atoms with Gasteiger partial charge in [-0.05, 0) is 61.4 Å². The number of pyridine rings is 1. The van der Waals surface area contributed by atoms with E-state index in [1.165, 1.54) is 4.57 Å². The molecule has 8 heteroatoms. The van der Waals surface area contributed by atoms with Gasteiger partial charge in [-0.3, -0.25) is 9.78 Å². The van der Waals surface area contributed by atoms with Crippen molar-refractivity contribution in [1.29, 1.82) is 0 Å². The SMILES string of the molecule is Cn1ccc(-c2ccc(-c3cnc(N(C4CC4)[C@@H]4C[C@H]5CC[C@H](N5)[C@@H]4F)cn3)c(O)c2)cc1=O. The number of phenols is 1. The van der Waals surface area contributed by atoms with E-state index in [0.29, 0.717) is 29.2 Å². The average molecular weight is 462 g/mol. The summed E-state index contributed by atoms with van der Waals surface area (Å²) in [6, 6.07) is 9.14. The molecule has 0 amide bonds. The number of nitrogens with zero attached hydrogens (tertiary/aromatic N) is 4. The van der Waals surface area contributed by atoms with Crippen LogP contribution in [0.5, 0.6) is 5.75 Å². The van der Waals surface area contributed by atoms with Crippen molar-refractivity contribution in [3.05, 3.63) is 59.3 Å². The molecule has 7 nitrogen and oxygen atoms in total. The Labute approximate surface area is 197 Å². The van der Waals surface area contributed by atoms with E-state index >= 15 is 4.39 Å². The van der Waals surface area contributed by atoms with Gasteiger partial charge in [-0.15, -0.1) is 0 Å². The molecule has 4 heterocycles. The Bertz CT molecular complexity index is 1270. The summed E-state index contributed by atoms with van der Waals surface area (Å²) in [5.41, 5.74) is 2.49. The molecule has 4 atom stereocenters. The van der Waals surface area contributed by atoms with E-state index in [0.717, 1.165) is 43.2 Å². The summed E-state index contributed by atoms with van der Waals surface area (Å²) in [6.07, 6.45) is 9.00. The lowest BCUT2D eigenvalue weighted by Gasteiger charge is -2.41. The zero-order chi connectivity index (χ0) is 23.4. The molecule has 1 aromatic carbocycles. The molecule has 6 rings (SSSR count). The second-order valence-corrected chi connectivity index (χ2v) is 9.79. The van der Waals surface area contributed by atoms with Gasteiger partial charge >= 0.3 is 0 Å². The first-order chi connectivity index (χ1) is 16.5. The predicted octanol–water partition coefficient (Wildman–Crippen LogP) is 3.41. The van der Waals surface area contributed by atoms with Gasteiger partial charge in [0, 0.05) is 43.0 Å². The third kappa shape index (κ3) is 3.76. The molecular formula is C26H28FN5O2. The molecular weight excluding hydrogens is 433 g/mol. The summed E-state index contributed by atoms with van der Waals surface area (Å²) in [7, 11) is 1.70. The molecule has 3 aromatic rings. The molecule has 176 valence electrons. The molecule has 2 aromatic heterocycles. The number of halogens is 1. The Morgan fingerprint density at radius 1 is 1.09 bits per heavy atom. The number of alkyl halides is 1. The first-order valence-electron chi connectivity index (χ1n) is 12.0. The van der Waals surface area contributed by atoms with Crippen molar-refractivity contribution in [3.63, 3.8) is 0 Å².